The highest BCUT2D eigenvalue weighted by atomic mass is 16.5. The van der Waals surface area contributed by atoms with Crippen molar-refractivity contribution in [3.05, 3.63) is 29.3 Å². The molecule has 0 bridgehead atoms. The van der Waals surface area contributed by atoms with Gasteiger partial charge in [0.1, 0.15) is 5.75 Å². The zero-order valence-corrected chi connectivity index (χ0v) is 12.9. The Bertz CT molecular complexity index is 407. The molecule has 0 heterocycles. The molecule has 0 spiro atoms. The van der Waals surface area contributed by atoms with Gasteiger partial charge in [-0.25, -0.2) is 0 Å². The summed E-state index contributed by atoms with van der Waals surface area (Å²) in [7, 11) is 1.60. The zero-order valence-electron chi connectivity index (χ0n) is 12.9. The quantitative estimate of drug-likeness (QED) is 0.682. The normalized spacial score (nSPS) is 14.3. The Hall–Kier alpha value is -1.10. The first-order chi connectivity index (χ1) is 9.47. The second kappa shape index (κ2) is 8.25. The summed E-state index contributed by atoms with van der Waals surface area (Å²) in [6, 6.07) is 5.77. The topological polar surface area (TPSA) is 61.7 Å². The average molecular weight is 281 g/mol. The largest absolute Gasteiger partial charge is 0.496 e. The summed E-state index contributed by atoms with van der Waals surface area (Å²) in [6.45, 7) is 6.70. The maximum absolute atomic E-state index is 10.3. The van der Waals surface area contributed by atoms with E-state index in [1.165, 1.54) is 0 Å². The highest BCUT2D eigenvalue weighted by molar-refractivity contribution is 5.38. The third-order valence-corrected chi connectivity index (χ3v) is 3.32. The number of aliphatic hydroxyl groups excluding tert-OH is 2. The Morgan fingerprint density at radius 2 is 2.00 bits per heavy atom. The Balaban J connectivity index is 2.66. The first-order valence-electron chi connectivity index (χ1n) is 7.14. The number of aliphatic hydroxyl groups is 2. The molecule has 0 aliphatic rings. The predicted octanol–water partition coefficient (Wildman–Crippen LogP) is 2.03. The van der Waals surface area contributed by atoms with Gasteiger partial charge in [-0.2, -0.15) is 0 Å². The zero-order chi connectivity index (χ0) is 15.1. The summed E-state index contributed by atoms with van der Waals surface area (Å²) in [6.07, 6.45) is 0.236. The lowest BCUT2D eigenvalue weighted by Crippen LogP contribution is -2.36. The van der Waals surface area contributed by atoms with Crippen LogP contribution in [0.4, 0.5) is 0 Å². The highest BCUT2D eigenvalue weighted by Gasteiger charge is 2.16. The molecule has 4 heteroatoms. The van der Waals surface area contributed by atoms with Gasteiger partial charge in [0.2, 0.25) is 0 Å². The molecule has 0 saturated heterocycles. The summed E-state index contributed by atoms with van der Waals surface area (Å²) in [5.74, 6) is 1.19. The number of benzene rings is 1. The Kier molecular flexibility index (Phi) is 6.99. The van der Waals surface area contributed by atoms with E-state index in [2.05, 4.69) is 19.2 Å². The van der Waals surface area contributed by atoms with Crippen molar-refractivity contribution >= 4 is 0 Å². The molecule has 2 atom stereocenters. The lowest BCUT2D eigenvalue weighted by atomic mass is 10.0. The van der Waals surface area contributed by atoms with Gasteiger partial charge in [0.15, 0.2) is 0 Å². The van der Waals surface area contributed by atoms with Crippen molar-refractivity contribution in [3.8, 4) is 5.75 Å². The number of rotatable bonds is 8. The van der Waals surface area contributed by atoms with E-state index in [4.69, 9.17) is 4.74 Å². The van der Waals surface area contributed by atoms with Crippen LogP contribution < -0.4 is 10.1 Å². The maximum atomic E-state index is 10.3. The van der Waals surface area contributed by atoms with Crippen LogP contribution in [0.2, 0.25) is 0 Å². The van der Waals surface area contributed by atoms with Gasteiger partial charge in [0.25, 0.3) is 0 Å². The predicted molar refractivity (Wildman–Crippen MR) is 81.0 cm³/mol. The van der Waals surface area contributed by atoms with Crippen LogP contribution >= 0.6 is 0 Å². The van der Waals surface area contributed by atoms with Crippen molar-refractivity contribution in [2.45, 2.75) is 39.3 Å². The molecule has 114 valence electrons. The number of hydrogen-bond donors (Lipinski definition) is 3. The van der Waals surface area contributed by atoms with Crippen molar-refractivity contribution in [1.29, 1.82) is 0 Å². The molecule has 4 nitrogen and oxygen atoms in total. The average Bonchev–Trinajstić information content (AvgIpc) is 2.42. The highest BCUT2D eigenvalue weighted by Crippen LogP contribution is 2.26. The molecule has 0 aliphatic carbocycles. The van der Waals surface area contributed by atoms with Crippen LogP contribution in [0.25, 0.3) is 0 Å². The smallest absolute Gasteiger partial charge is 0.124 e. The van der Waals surface area contributed by atoms with Crippen LogP contribution in [0.3, 0.4) is 0 Å². The first-order valence-corrected chi connectivity index (χ1v) is 7.14. The van der Waals surface area contributed by atoms with Crippen molar-refractivity contribution < 1.29 is 14.9 Å². The van der Waals surface area contributed by atoms with E-state index < -0.39 is 6.10 Å². The Morgan fingerprint density at radius 3 is 2.55 bits per heavy atom. The molecule has 0 fully saturated rings. The van der Waals surface area contributed by atoms with Gasteiger partial charge in [-0.15, -0.1) is 0 Å². The monoisotopic (exact) mass is 281 g/mol. The Morgan fingerprint density at radius 1 is 1.30 bits per heavy atom. The molecule has 0 aliphatic heterocycles. The van der Waals surface area contributed by atoms with Gasteiger partial charge in [-0.05, 0) is 31.4 Å². The van der Waals surface area contributed by atoms with Gasteiger partial charge in [-0.1, -0.05) is 25.5 Å². The number of aryl methyl sites for hydroxylation is 1. The van der Waals surface area contributed by atoms with E-state index in [-0.39, 0.29) is 12.6 Å². The summed E-state index contributed by atoms with van der Waals surface area (Å²) < 4.78 is 5.28. The van der Waals surface area contributed by atoms with Gasteiger partial charge in [0.05, 0.1) is 19.8 Å². The molecular formula is C16H27NO3. The molecular weight excluding hydrogens is 254 g/mol. The fourth-order valence-electron chi connectivity index (χ4n) is 2.29. The number of methoxy groups -OCH3 is 1. The fraction of sp³-hybridized carbons (Fsp3) is 0.625. The molecule has 0 amide bonds. The molecule has 1 aromatic rings. The molecule has 3 N–H and O–H groups in total. The minimum Gasteiger partial charge on any atom is -0.496 e. The lowest BCUT2D eigenvalue weighted by Gasteiger charge is -2.21. The third-order valence-electron chi connectivity index (χ3n) is 3.32. The van der Waals surface area contributed by atoms with Gasteiger partial charge >= 0.3 is 0 Å². The minimum absolute atomic E-state index is 0.0143. The summed E-state index contributed by atoms with van der Waals surface area (Å²) in [5.41, 5.74) is 1.86. The molecule has 0 saturated carbocycles. The van der Waals surface area contributed by atoms with Gasteiger partial charge < -0.3 is 20.3 Å². The van der Waals surface area contributed by atoms with Crippen molar-refractivity contribution in [2.75, 3.05) is 20.3 Å². The number of hydrogen-bond acceptors (Lipinski definition) is 4. The second-order valence-electron chi connectivity index (χ2n) is 5.68. The molecule has 0 aromatic heterocycles. The molecule has 0 radical (unpaired) electrons. The van der Waals surface area contributed by atoms with E-state index in [9.17, 15) is 10.2 Å². The van der Waals surface area contributed by atoms with E-state index in [1.807, 2.05) is 25.1 Å². The lowest BCUT2D eigenvalue weighted by molar-refractivity contribution is 0.151. The second-order valence-corrected chi connectivity index (χ2v) is 5.68. The Labute approximate surface area is 121 Å². The van der Waals surface area contributed by atoms with E-state index in [0.29, 0.717) is 18.2 Å². The minimum atomic E-state index is -0.647. The van der Waals surface area contributed by atoms with E-state index in [1.54, 1.807) is 7.11 Å². The van der Waals surface area contributed by atoms with Crippen LogP contribution in [0.5, 0.6) is 5.75 Å². The van der Waals surface area contributed by atoms with Crippen molar-refractivity contribution in [1.82, 2.24) is 5.32 Å². The number of nitrogens with one attached hydrogen (secondary N) is 1. The molecule has 1 rings (SSSR count). The van der Waals surface area contributed by atoms with E-state index in [0.717, 1.165) is 17.5 Å². The van der Waals surface area contributed by atoms with Crippen LogP contribution in [0, 0.1) is 12.8 Å². The van der Waals surface area contributed by atoms with Crippen LogP contribution in [0.1, 0.15) is 37.5 Å². The van der Waals surface area contributed by atoms with Crippen LogP contribution in [-0.4, -0.2) is 36.5 Å². The summed E-state index contributed by atoms with van der Waals surface area (Å²) >= 11 is 0. The fourth-order valence-corrected chi connectivity index (χ4v) is 2.29. The van der Waals surface area contributed by atoms with Crippen LogP contribution in [-0.2, 0) is 0 Å². The SMILES string of the molecule is COc1ccc(C)cc1C(O)CNC(CO)CC(C)C. The molecule has 20 heavy (non-hydrogen) atoms. The van der Waals surface area contributed by atoms with E-state index >= 15 is 0 Å². The number of ether oxygens (including phenoxy) is 1. The van der Waals surface area contributed by atoms with Crippen molar-refractivity contribution in [3.63, 3.8) is 0 Å². The molecule has 1 aromatic carbocycles. The van der Waals surface area contributed by atoms with Gasteiger partial charge in [-0.3, -0.25) is 0 Å². The maximum Gasteiger partial charge on any atom is 0.124 e. The standard InChI is InChI=1S/C16H27NO3/c1-11(2)7-13(10-18)17-9-15(19)14-8-12(3)5-6-16(14)20-4/h5-6,8,11,13,15,17-19H,7,9-10H2,1-4H3. The van der Waals surface area contributed by atoms with Crippen molar-refractivity contribution in [2.24, 2.45) is 5.92 Å². The van der Waals surface area contributed by atoms with Crippen LogP contribution in [0.15, 0.2) is 18.2 Å². The summed E-state index contributed by atoms with van der Waals surface area (Å²) in [5, 5.41) is 22.9. The summed E-state index contributed by atoms with van der Waals surface area (Å²) in [4.78, 5) is 0. The van der Waals surface area contributed by atoms with Gasteiger partial charge in [0, 0.05) is 18.2 Å². The molecule has 2 unspecified atom stereocenters. The first kappa shape index (κ1) is 17.0. The third kappa shape index (κ3) is 5.12.